The van der Waals surface area contributed by atoms with Crippen LogP contribution in [0.4, 0.5) is 0 Å². The highest BCUT2D eigenvalue weighted by Crippen LogP contribution is 2.19. The molecule has 4 nitrogen and oxygen atoms in total. The second-order valence-electron chi connectivity index (χ2n) is 7.12. The second kappa shape index (κ2) is 10.6. The lowest BCUT2D eigenvalue weighted by Gasteiger charge is -2.30. The Balaban J connectivity index is 4.18. The normalized spacial score (nSPS) is 14.2. The van der Waals surface area contributed by atoms with Gasteiger partial charge in [-0.05, 0) is 18.8 Å². The van der Waals surface area contributed by atoms with E-state index in [2.05, 4.69) is 34.6 Å². The molecule has 0 heterocycles. The number of hydrogen-bond acceptors (Lipinski definition) is 4. The summed E-state index contributed by atoms with van der Waals surface area (Å²) >= 11 is 0. The van der Waals surface area contributed by atoms with E-state index in [1.165, 1.54) is 0 Å². The highest BCUT2D eigenvalue weighted by Gasteiger charge is 2.26. The van der Waals surface area contributed by atoms with Crippen LogP contribution in [0.15, 0.2) is 0 Å². The molecule has 0 radical (unpaired) electrons. The lowest BCUT2D eigenvalue weighted by atomic mass is 9.94. The summed E-state index contributed by atoms with van der Waals surface area (Å²) in [5.41, 5.74) is 5.60. The highest BCUT2D eigenvalue weighted by atomic mass is 16.5. The van der Waals surface area contributed by atoms with E-state index in [1.54, 1.807) is 0 Å². The molecular weight excluding hydrogens is 254 g/mol. The Labute approximate surface area is 125 Å². The van der Waals surface area contributed by atoms with E-state index in [9.17, 15) is 0 Å². The largest absolute Gasteiger partial charge is 0.380 e. The monoisotopic (exact) mass is 289 g/mol. The molecule has 0 bridgehead atoms. The first kappa shape index (κ1) is 19.8. The highest BCUT2D eigenvalue weighted by molar-refractivity contribution is 4.74. The molecule has 0 saturated carbocycles. The molecule has 20 heavy (non-hydrogen) atoms. The summed E-state index contributed by atoms with van der Waals surface area (Å²) in [6.45, 7) is 16.7. The van der Waals surface area contributed by atoms with Gasteiger partial charge in [-0.15, -0.1) is 0 Å². The molecule has 0 aromatic heterocycles. The molecule has 4 heteroatoms. The molecule has 0 rings (SSSR count). The molecule has 0 amide bonds. The van der Waals surface area contributed by atoms with Crippen molar-refractivity contribution in [2.45, 2.75) is 47.6 Å². The topological polar surface area (TPSA) is 53.7 Å². The predicted molar refractivity (Wildman–Crippen MR) is 83.9 cm³/mol. The summed E-state index contributed by atoms with van der Waals surface area (Å²) in [7, 11) is 0. The fraction of sp³-hybridized carbons (Fsp3) is 1.00. The van der Waals surface area contributed by atoms with Crippen molar-refractivity contribution in [2.75, 3.05) is 39.6 Å². The van der Waals surface area contributed by atoms with Crippen LogP contribution < -0.4 is 5.73 Å². The molecule has 0 aliphatic carbocycles. The zero-order valence-corrected chi connectivity index (χ0v) is 14.3. The molecule has 122 valence electrons. The fourth-order valence-corrected chi connectivity index (χ4v) is 1.70. The second-order valence-corrected chi connectivity index (χ2v) is 7.12. The number of rotatable bonds is 12. The van der Waals surface area contributed by atoms with Crippen LogP contribution in [-0.4, -0.2) is 45.7 Å². The number of nitrogens with two attached hydrogens (primary N) is 1. The maximum Gasteiger partial charge on any atom is 0.0615 e. The first-order valence-electron chi connectivity index (χ1n) is 7.74. The number of hydrogen-bond donors (Lipinski definition) is 1. The fourth-order valence-electron chi connectivity index (χ4n) is 1.70. The van der Waals surface area contributed by atoms with E-state index in [4.69, 9.17) is 19.9 Å². The Bertz CT molecular complexity index is 194. The maximum absolute atomic E-state index is 5.78. The quantitative estimate of drug-likeness (QED) is 0.600. The van der Waals surface area contributed by atoms with Crippen LogP contribution in [-0.2, 0) is 14.2 Å². The van der Waals surface area contributed by atoms with Gasteiger partial charge in [0.2, 0.25) is 0 Å². The van der Waals surface area contributed by atoms with Crippen LogP contribution in [0.1, 0.15) is 41.5 Å². The van der Waals surface area contributed by atoms with E-state index in [0.717, 1.165) is 13.2 Å². The van der Waals surface area contributed by atoms with Gasteiger partial charge in [0.05, 0.1) is 26.4 Å². The molecule has 1 unspecified atom stereocenters. The summed E-state index contributed by atoms with van der Waals surface area (Å²) in [5, 5.41) is 0. The van der Waals surface area contributed by atoms with Crippen molar-refractivity contribution < 1.29 is 14.2 Å². The van der Waals surface area contributed by atoms with Gasteiger partial charge in [-0.3, -0.25) is 0 Å². The molecule has 0 aromatic carbocycles. The lowest BCUT2D eigenvalue weighted by Crippen LogP contribution is -2.36. The smallest absolute Gasteiger partial charge is 0.0615 e. The van der Waals surface area contributed by atoms with E-state index >= 15 is 0 Å². The van der Waals surface area contributed by atoms with Gasteiger partial charge >= 0.3 is 0 Å². The maximum atomic E-state index is 5.78. The zero-order chi connectivity index (χ0) is 15.6. The van der Waals surface area contributed by atoms with Crippen molar-refractivity contribution in [3.05, 3.63) is 0 Å². The minimum atomic E-state index is -0.112. The van der Waals surface area contributed by atoms with Gasteiger partial charge in [-0.2, -0.15) is 0 Å². The summed E-state index contributed by atoms with van der Waals surface area (Å²) in [5.74, 6) is 1.08. The third kappa shape index (κ3) is 11.6. The molecule has 1 atom stereocenters. The third-order valence-corrected chi connectivity index (χ3v) is 2.63. The average molecular weight is 289 g/mol. The van der Waals surface area contributed by atoms with Gasteiger partial charge in [0.25, 0.3) is 0 Å². The number of ether oxygens (including phenoxy) is 3. The zero-order valence-electron chi connectivity index (χ0n) is 14.3. The van der Waals surface area contributed by atoms with Crippen LogP contribution in [0.25, 0.3) is 0 Å². The third-order valence-electron chi connectivity index (χ3n) is 2.63. The molecule has 0 aliphatic rings. The van der Waals surface area contributed by atoms with Crippen LogP contribution in [0.5, 0.6) is 0 Å². The summed E-state index contributed by atoms with van der Waals surface area (Å²) in [6.07, 6.45) is 0. The van der Waals surface area contributed by atoms with Crippen molar-refractivity contribution in [1.82, 2.24) is 0 Å². The molecular formula is C16H35NO3. The van der Waals surface area contributed by atoms with Crippen LogP contribution in [0.2, 0.25) is 0 Å². The van der Waals surface area contributed by atoms with Gasteiger partial charge in [0.1, 0.15) is 0 Å². The first-order chi connectivity index (χ1) is 9.25. The molecule has 0 saturated heterocycles. The summed E-state index contributed by atoms with van der Waals surface area (Å²) < 4.78 is 17.3. The molecule has 2 N–H and O–H groups in total. The van der Waals surface area contributed by atoms with Crippen molar-refractivity contribution >= 4 is 0 Å². The molecule has 0 aromatic rings. The Kier molecular flexibility index (Phi) is 10.5. The summed E-state index contributed by atoms with van der Waals surface area (Å²) in [4.78, 5) is 0. The van der Waals surface area contributed by atoms with Crippen LogP contribution >= 0.6 is 0 Å². The molecule has 0 aliphatic heterocycles. The van der Waals surface area contributed by atoms with Crippen molar-refractivity contribution in [1.29, 1.82) is 0 Å². The Morgan fingerprint density at radius 1 is 0.750 bits per heavy atom. The minimum absolute atomic E-state index is 0.0624. The van der Waals surface area contributed by atoms with Crippen LogP contribution in [0.3, 0.4) is 0 Å². The van der Waals surface area contributed by atoms with E-state index in [0.29, 0.717) is 38.3 Å². The lowest BCUT2D eigenvalue weighted by molar-refractivity contribution is -0.0682. The molecule has 0 fully saturated rings. The van der Waals surface area contributed by atoms with Gasteiger partial charge < -0.3 is 19.9 Å². The van der Waals surface area contributed by atoms with Gasteiger partial charge in [-0.25, -0.2) is 0 Å². The Morgan fingerprint density at radius 3 is 1.40 bits per heavy atom. The summed E-state index contributed by atoms with van der Waals surface area (Å²) in [6, 6.07) is 0.0624. The standard InChI is InChI=1S/C16H35NO3/c1-13(2)7-18-10-16(6,11-19-8-14(3)4)12-20-9-15(5)17/h13-15H,7-12,17H2,1-6H3. The average Bonchev–Trinajstić information content (AvgIpc) is 2.27. The minimum Gasteiger partial charge on any atom is -0.380 e. The van der Waals surface area contributed by atoms with E-state index < -0.39 is 0 Å². The first-order valence-corrected chi connectivity index (χ1v) is 7.74. The van der Waals surface area contributed by atoms with Gasteiger partial charge in [-0.1, -0.05) is 34.6 Å². The van der Waals surface area contributed by atoms with Crippen molar-refractivity contribution in [3.63, 3.8) is 0 Å². The van der Waals surface area contributed by atoms with E-state index in [-0.39, 0.29) is 11.5 Å². The Hall–Kier alpha value is -0.160. The Morgan fingerprint density at radius 2 is 1.10 bits per heavy atom. The van der Waals surface area contributed by atoms with Crippen molar-refractivity contribution in [2.24, 2.45) is 23.0 Å². The SMILES string of the molecule is CC(C)COCC(C)(COCC(C)C)COCC(C)N. The predicted octanol–water partition coefficient (Wildman–Crippen LogP) is 2.70. The van der Waals surface area contributed by atoms with E-state index in [1.807, 2.05) is 6.92 Å². The molecule has 0 spiro atoms. The van der Waals surface area contributed by atoms with Gasteiger partial charge in [0.15, 0.2) is 0 Å². The van der Waals surface area contributed by atoms with Crippen molar-refractivity contribution in [3.8, 4) is 0 Å². The van der Waals surface area contributed by atoms with Crippen LogP contribution in [0, 0.1) is 17.3 Å². The van der Waals surface area contributed by atoms with Gasteiger partial charge in [0, 0.05) is 24.7 Å².